The van der Waals surface area contributed by atoms with E-state index in [0.717, 1.165) is 25.3 Å². The Labute approximate surface area is 124 Å². The predicted molar refractivity (Wildman–Crippen MR) is 86.4 cm³/mol. The van der Waals surface area contributed by atoms with Crippen LogP contribution in [0.15, 0.2) is 24.3 Å². The third-order valence-electron chi connectivity index (χ3n) is 3.49. The lowest BCUT2D eigenvalue weighted by molar-refractivity contribution is 0.224. The normalized spacial score (nSPS) is 13.6. The highest BCUT2D eigenvalue weighted by Crippen LogP contribution is 2.27. The van der Waals surface area contributed by atoms with E-state index >= 15 is 0 Å². The highest BCUT2D eigenvalue weighted by Gasteiger charge is 2.21. The molecule has 0 aromatic heterocycles. The van der Waals surface area contributed by atoms with Crippen molar-refractivity contribution in [2.75, 3.05) is 34.3 Å². The fourth-order valence-corrected chi connectivity index (χ4v) is 2.74. The smallest absolute Gasteiger partial charge is 0.123 e. The number of benzene rings is 1. The summed E-state index contributed by atoms with van der Waals surface area (Å²) in [6, 6.07) is 8.62. The van der Waals surface area contributed by atoms with Crippen LogP contribution < -0.4 is 10.1 Å². The summed E-state index contributed by atoms with van der Waals surface area (Å²) in [5, 5.41) is 3.70. The minimum atomic E-state index is 0.249. The van der Waals surface area contributed by atoms with Gasteiger partial charge >= 0.3 is 0 Å². The van der Waals surface area contributed by atoms with Gasteiger partial charge in [0.2, 0.25) is 0 Å². The first-order valence-corrected chi connectivity index (χ1v) is 7.40. The van der Waals surface area contributed by atoms with Crippen molar-refractivity contribution in [3.05, 3.63) is 29.8 Å². The molecule has 1 rings (SSSR count). The van der Waals surface area contributed by atoms with Crippen molar-refractivity contribution in [3.8, 4) is 5.75 Å². The molecule has 0 heterocycles. The molecular weight excluding hydrogens is 248 g/mol. The first-order valence-electron chi connectivity index (χ1n) is 7.40. The molecule has 1 unspecified atom stereocenters. The number of ether oxygens (including phenoxy) is 1. The van der Waals surface area contributed by atoms with Crippen molar-refractivity contribution >= 4 is 0 Å². The van der Waals surface area contributed by atoms with Crippen LogP contribution in [0.1, 0.15) is 38.8 Å². The average Bonchev–Trinajstić information content (AvgIpc) is 2.38. The van der Waals surface area contributed by atoms with E-state index in [-0.39, 0.29) is 5.41 Å². The average molecular weight is 278 g/mol. The fraction of sp³-hybridized carbons (Fsp3) is 0.647. The zero-order valence-electron chi connectivity index (χ0n) is 13.9. The molecule has 0 aliphatic rings. The molecule has 0 bridgehead atoms. The Bertz CT molecular complexity index is 402. The highest BCUT2D eigenvalue weighted by atomic mass is 16.5. The molecule has 1 N–H and O–H groups in total. The minimum absolute atomic E-state index is 0.249. The van der Waals surface area contributed by atoms with Crippen molar-refractivity contribution in [2.24, 2.45) is 5.41 Å². The molecular formula is C17H30N2O. The summed E-state index contributed by atoms with van der Waals surface area (Å²) in [7, 11) is 5.99. The second-order valence-electron chi connectivity index (χ2n) is 6.49. The van der Waals surface area contributed by atoms with Gasteiger partial charge in [0.25, 0.3) is 0 Å². The van der Waals surface area contributed by atoms with E-state index in [1.165, 1.54) is 5.56 Å². The molecule has 0 amide bonds. The molecule has 20 heavy (non-hydrogen) atoms. The summed E-state index contributed by atoms with van der Waals surface area (Å²) >= 11 is 0. The van der Waals surface area contributed by atoms with Crippen LogP contribution in [0, 0.1) is 5.41 Å². The lowest BCUT2D eigenvalue weighted by Gasteiger charge is -2.31. The molecule has 1 aromatic carbocycles. The van der Waals surface area contributed by atoms with Crippen LogP contribution in [0.4, 0.5) is 0 Å². The van der Waals surface area contributed by atoms with Crippen LogP contribution in [-0.2, 0) is 0 Å². The van der Waals surface area contributed by atoms with Crippen molar-refractivity contribution in [1.29, 1.82) is 0 Å². The molecule has 3 nitrogen and oxygen atoms in total. The molecule has 0 aliphatic heterocycles. The number of nitrogens with zero attached hydrogens (tertiary/aromatic N) is 1. The number of para-hydroxylation sites is 1. The maximum Gasteiger partial charge on any atom is 0.123 e. The summed E-state index contributed by atoms with van der Waals surface area (Å²) < 4.78 is 5.48. The summed E-state index contributed by atoms with van der Waals surface area (Å²) in [5.41, 5.74) is 1.50. The first kappa shape index (κ1) is 17.0. The van der Waals surface area contributed by atoms with Crippen molar-refractivity contribution in [2.45, 2.75) is 33.2 Å². The Morgan fingerprint density at radius 3 is 2.45 bits per heavy atom. The third-order valence-corrected chi connectivity index (χ3v) is 3.49. The Kier molecular flexibility index (Phi) is 6.50. The van der Waals surface area contributed by atoms with Gasteiger partial charge in [0.1, 0.15) is 5.75 Å². The molecule has 1 aromatic rings. The first-order chi connectivity index (χ1) is 9.39. The SMILES string of the molecule is CCC(NCC(C)(C)CN(C)C)c1ccccc1OC. The Balaban J connectivity index is 2.72. The van der Waals surface area contributed by atoms with Crippen molar-refractivity contribution in [3.63, 3.8) is 0 Å². The number of hydrogen-bond donors (Lipinski definition) is 1. The van der Waals surface area contributed by atoms with Crippen LogP contribution in [0.25, 0.3) is 0 Å². The zero-order chi connectivity index (χ0) is 15.2. The van der Waals surface area contributed by atoms with Crippen LogP contribution in [0.5, 0.6) is 5.75 Å². The second kappa shape index (κ2) is 7.65. The summed E-state index contributed by atoms with van der Waals surface area (Å²) in [4.78, 5) is 2.24. The maximum atomic E-state index is 5.48. The quantitative estimate of drug-likeness (QED) is 0.789. The van der Waals surface area contributed by atoms with Gasteiger partial charge in [-0.2, -0.15) is 0 Å². The van der Waals surface area contributed by atoms with Crippen molar-refractivity contribution in [1.82, 2.24) is 10.2 Å². The largest absolute Gasteiger partial charge is 0.496 e. The van der Waals surface area contributed by atoms with E-state index in [0.29, 0.717) is 6.04 Å². The van der Waals surface area contributed by atoms with Crippen LogP contribution >= 0.6 is 0 Å². The predicted octanol–water partition coefficient (Wildman–Crippen LogP) is 3.32. The summed E-state index contributed by atoms with van der Waals surface area (Å²) in [5.74, 6) is 0.970. The van der Waals surface area contributed by atoms with Gasteiger partial charge in [0.15, 0.2) is 0 Å². The molecule has 3 heteroatoms. The molecule has 0 saturated carbocycles. The fourth-order valence-electron chi connectivity index (χ4n) is 2.74. The Hall–Kier alpha value is -1.06. The van der Waals surface area contributed by atoms with Crippen LogP contribution in [0.2, 0.25) is 0 Å². The Morgan fingerprint density at radius 2 is 1.90 bits per heavy atom. The standard InChI is InChI=1S/C17H30N2O/c1-7-15(14-10-8-9-11-16(14)20-6)18-12-17(2,3)13-19(4)5/h8-11,15,18H,7,12-13H2,1-6H3. The molecule has 0 saturated heterocycles. The number of rotatable bonds is 8. The van der Waals surface area contributed by atoms with E-state index in [9.17, 15) is 0 Å². The number of hydrogen-bond acceptors (Lipinski definition) is 3. The monoisotopic (exact) mass is 278 g/mol. The topological polar surface area (TPSA) is 24.5 Å². The zero-order valence-corrected chi connectivity index (χ0v) is 13.9. The Morgan fingerprint density at radius 1 is 1.25 bits per heavy atom. The molecule has 0 aliphatic carbocycles. The van der Waals surface area contributed by atoms with Gasteiger partial charge in [-0.1, -0.05) is 39.0 Å². The van der Waals surface area contributed by atoms with Gasteiger partial charge in [-0.05, 0) is 32.0 Å². The minimum Gasteiger partial charge on any atom is -0.496 e. The van der Waals surface area contributed by atoms with Gasteiger partial charge in [-0.15, -0.1) is 0 Å². The lowest BCUT2D eigenvalue weighted by Crippen LogP contribution is -2.39. The van der Waals surface area contributed by atoms with Gasteiger partial charge in [-0.25, -0.2) is 0 Å². The summed E-state index contributed by atoms with van der Waals surface area (Å²) in [6.45, 7) is 8.87. The molecule has 0 radical (unpaired) electrons. The van der Waals surface area contributed by atoms with E-state index in [1.807, 2.05) is 12.1 Å². The number of methoxy groups -OCH3 is 1. The van der Waals surface area contributed by atoms with Gasteiger partial charge in [-0.3, -0.25) is 0 Å². The van der Waals surface area contributed by atoms with Crippen LogP contribution in [0.3, 0.4) is 0 Å². The third kappa shape index (κ3) is 5.14. The van der Waals surface area contributed by atoms with Gasteiger partial charge in [0, 0.05) is 24.7 Å². The van der Waals surface area contributed by atoms with Gasteiger partial charge in [0.05, 0.1) is 7.11 Å². The summed E-state index contributed by atoms with van der Waals surface area (Å²) in [6.07, 6.45) is 1.05. The van der Waals surface area contributed by atoms with E-state index in [2.05, 4.69) is 57.2 Å². The van der Waals surface area contributed by atoms with E-state index in [1.54, 1.807) is 7.11 Å². The second-order valence-corrected chi connectivity index (χ2v) is 6.49. The van der Waals surface area contributed by atoms with Gasteiger partial charge < -0.3 is 15.0 Å². The molecule has 114 valence electrons. The van der Waals surface area contributed by atoms with E-state index in [4.69, 9.17) is 4.74 Å². The molecule has 0 spiro atoms. The molecule has 0 fully saturated rings. The maximum absolute atomic E-state index is 5.48. The lowest BCUT2D eigenvalue weighted by atomic mass is 9.91. The van der Waals surface area contributed by atoms with Crippen LogP contribution in [-0.4, -0.2) is 39.2 Å². The van der Waals surface area contributed by atoms with E-state index < -0.39 is 0 Å². The number of nitrogens with one attached hydrogen (secondary N) is 1. The molecule has 1 atom stereocenters. The van der Waals surface area contributed by atoms with Crippen molar-refractivity contribution < 1.29 is 4.74 Å². The highest BCUT2D eigenvalue weighted by molar-refractivity contribution is 5.35.